The molecule has 0 aliphatic heterocycles. The van der Waals surface area contributed by atoms with Crippen molar-refractivity contribution in [2.45, 2.75) is 64.8 Å². The third-order valence-corrected chi connectivity index (χ3v) is 4.25. The minimum atomic E-state index is 0.592. The minimum absolute atomic E-state index is 0.592. The van der Waals surface area contributed by atoms with Crippen molar-refractivity contribution in [3.05, 3.63) is 47.0 Å². The van der Waals surface area contributed by atoms with E-state index in [1.807, 2.05) is 0 Å². The fourth-order valence-electron chi connectivity index (χ4n) is 3.23. The molecule has 1 aromatic carbocycles. The zero-order valence-corrected chi connectivity index (χ0v) is 13.3. The number of fused-ring (bicyclic) bond motifs is 1. The van der Waals surface area contributed by atoms with Gasteiger partial charge in [0.05, 0.1) is 0 Å². The molecule has 0 fully saturated rings. The van der Waals surface area contributed by atoms with Crippen LogP contribution in [0, 0.1) is 0 Å². The Hall–Kier alpha value is -1.08. The van der Waals surface area contributed by atoms with E-state index >= 15 is 0 Å². The van der Waals surface area contributed by atoms with Gasteiger partial charge in [0, 0.05) is 6.04 Å². The lowest BCUT2D eigenvalue weighted by Crippen LogP contribution is -2.23. The number of aryl methyl sites for hydroxylation is 1. The molecule has 2 rings (SSSR count). The molecule has 1 aromatic rings. The zero-order valence-electron chi connectivity index (χ0n) is 13.3. The van der Waals surface area contributed by atoms with Crippen molar-refractivity contribution in [2.75, 3.05) is 6.54 Å². The van der Waals surface area contributed by atoms with Crippen LogP contribution in [0.1, 0.15) is 63.5 Å². The van der Waals surface area contributed by atoms with Gasteiger partial charge >= 0.3 is 0 Å². The minimum Gasteiger partial charge on any atom is -0.314 e. The summed E-state index contributed by atoms with van der Waals surface area (Å²) < 4.78 is 0. The van der Waals surface area contributed by atoms with Crippen molar-refractivity contribution < 1.29 is 0 Å². The van der Waals surface area contributed by atoms with E-state index in [1.165, 1.54) is 25.7 Å². The third-order valence-electron chi connectivity index (χ3n) is 4.25. The summed E-state index contributed by atoms with van der Waals surface area (Å²) in [6, 6.07) is 9.62. The number of allylic oxidation sites excluding steroid dienone is 1. The Morgan fingerprint density at radius 3 is 2.95 bits per heavy atom. The van der Waals surface area contributed by atoms with Crippen molar-refractivity contribution in [2.24, 2.45) is 0 Å². The molecule has 1 atom stereocenters. The number of hydrogen-bond acceptors (Lipinski definition) is 1. The van der Waals surface area contributed by atoms with Crippen LogP contribution in [0.4, 0.5) is 0 Å². The van der Waals surface area contributed by atoms with E-state index in [4.69, 9.17) is 0 Å². The van der Waals surface area contributed by atoms with Gasteiger partial charge in [-0.1, -0.05) is 49.8 Å². The van der Waals surface area contributed by atoms with Crippen LogP contribution in [-0.4, -0.2) is 12.6 Å². The average molecular weight is 271 g/mol. The van der Waals surface area contributed by atoms with E-state index in [1.54, 1.807) is 16.7 Å². The summed E-state index contributed by atoms with van der Waals surface area (Å²) in [6.07, 6.45) is 8.79. The molecule has 1 N–H and O–H groups in total. The fraction of sp³-hybridized carbons (Fsp3) is 0.579. The third kappa shape index (κ3) is 4.49. The van der Waals surface area contributed by atoms with Gasteiger partial charge in [-0.15, -0.1) is 0 Å². The van der Waals surface area contributed by atoms with Gasteiger partial charge in [-0.25, -0.2) is 0 Å². The van der Waals surface area contributed by atoms with Crippen LogP contribution in [0.2, 0.25) is 0 Å². The normalized spacial score (nSPS) is 19.2. The maximum Gasteiger partial charge on any atom is 0.00105 e. The van der Waals surface area contributed by atoms with Crippen molar-refractivity contribution >= 4 is 0 Å². The van der Waals surface area contributed by atoms with Gasteiger partial charge in [-0.3, -0.25) is 0 Å². The van der Waals surface area contributed by atoms with Gasteiger partial charge in [-0.05, 0) is 62.6 Å². The molecule has 20 heavy (non-hydrogen) atoms. The highest BCUT2D eigenvalue weighted by atomic mass is 14.9. The van der Waals surface area contributed by atoms with Crippen LogP contribution < -0.4 is 5.32 Å². The molecule has 0 saturated carbocycles. The van der Waals surface area contributed by atoms with E-state index in [0.29, 0.717) is 6.04 Å². The van der Waals surface area contributed by atoms with E-state index < -0.39 is 0 Å². The first kappa shape index (κ1) is 15.3. The highest BCUT2D eigenvalue weighted by molar-refractivity contribution is 5.33. The highest BCUT2D eigenvalue weighted by Gasteiger charge is 2.19. The predicted molar refractivity (Wildman–Crippen MR) is 88.3 cm³/mol. The lowest BCUT2D eigenvalue weighted by molar-refractivity contribution is 0.546. The molecule has 1 aliphatic carbocycles. The van der Waals surface area contributed by atoms with Gasteiger partial charge < -0.3 is 5.32 Å². The molecule has 0 radical (unpaired) electrons. The maximum atomic E-state index is 3.48. The molecule has 0 aromatic heterocycles. The number of benzene rings is 1. The first-order chi connectivity index (χ1) is 9.66. The summed E-state index contributed by atoms with van der Waals surface area (Å²) in [4.78, 5) is 0. The molecule has 1 unspecified atom stereocenters. The van der Waals surface area contributed by atoms with Crippen molar-refractivity contribution in [3.63, 3.8) is 0 Å². The molecule has 0 spiro atoms. The van der Waals surface area contributed by atoms with Gasteiger partial charge in [-0.2, -0.15) is 0 Å². The first-order valence-electron chi connectivity index (χ1n) is 8.13. The Kier molecular flexibility index (Phi) is 5.85. The Labute approximate surface area is 124 Å². The zero-order chi connectivity index (χ0) is 14.4. The van der Waals surface area contributed by atoms with Gasteiger partial charge in [0.25, 0.3) is 0 Å². The largest absolute Gasteiger partial charge is 0.314 e. The Morgan fingerprint density at radius 2 is 2.15 bits per heavy atom. The second kappa shape index (κ2) is 7.64. The standard InChI is InChI=1S/C19H29N/c1-15(2)20-13-7-8-16(3)14-18-11-6-10-17-9-4-5-12-19(17)18/h4-5,8-9,12,15,18,20H,6-7,10-11,13-14H2,1-3H3. The van der Waals surface area contributed by atoms with E-state index in [2.05, 4.69) is 56.4 Å². The van der Waals surface area contributed by atoms with E-state index in [9.17, 15) is 0 Å². The smallest absolute Gasteiger partial charge is 0.00105 e. The van der Waals surface area contributed by atoms with Crippen molar-refractivity contribution in [3.8, 4) is 0 Å². The maximum absolute atomic E-state index is 3.48. The monoisotopic (exact) mass is 271 g/mol. The van der Waals surface area contributed by atoms with E-state index in [-0.39, 0.29) is 0 Å². The van der Waals surface area contributed by atoms with Gasteiger partial charge in [0.1, 0.15) is 0 Å². The number of rotatable bonds is 6. The topological polar surface area (TPSA) is 12.0 Å². The number of nitrogens with one attached hydrogen (secondary N) is 1. The lowest BCUT2D eigenvalue weighted by Gasteiger charge is -2.25. The van der Waals surface area contributed by atoms with Crippen LogP contribution >= 0.6 is 0 Å². The van der Waals surface area contributed by atoms with E-state index in [0.717, 1.165) is 18.9 Å². The molecular formula is C19H29N. The summed E-state index contributed by atoms with van der Waals surface area (Å²) in [6.45, 7) is 7.80. The molecule has 1 heteroatoms. The molecule has 1 aliphatic rings. The second-order valence-electron chi connectivity index (χ2n) is 6.44. The second-order valence-corrected chi connectivity index (χ2v) is 6.44. The Bertz CT molecular complexity index is 445. The summed E-state index contributed by atoms with van der Waals surface area (Å²) in [5.41, 5.74) is 4.74. The van der Waals surface area contributed by atoms with Crippen LogP contribution in [0.25, 0.3) is 0 Å². The SMILES string of the molecule is CC(=CCCNC(C)C)CC1CCCc2ccccc21. The molecule has 1 nitrogen and oxygen atoms in total. The molecule has 110 valence electrons. The van der Waals surface area contributed by atoms with Crippen LogP contribution in [0.15, 0.2) is 35.9 Å². The van der Waals surface area contributed by atoms with Crippen LogP contribution in [0.3, 0.4) is 0 Å². The lowest BCUT2D eigenvalue weighted by atomic mass is 9.79. The summed E-state index contributed by atoms with van der Waals surface area (Å²) in [7, 11) is 0. The summed E-state index contributed by atoms with van der Waals surface area (Å²) >= 11 is 0. The predicted octanol–water partition coefficient (Wildman–Crippen LogP) is 4.83. The first-order valence-corrected chi connectivity index (χ1v) is 8.13. The molecule has 0 saturated heterocycles. The molecular weight excluding hydrogens is 242 g/mol. The van der Waals surface area contributed by atoms with Crippen molar-refractivity contribution in [1.29, 1.82) is 0 Å². The fourth-order valence-corrected chi connectivity index (χ4v) is 3.23. The van der Waals surface area contributed by atoms with Crippen LogP contribution in [0.5, 0.6) is 0 Å². The molecule has 0 heterocycles. The quantitative estimate of drug-likeness (QED) is 0.577. The summed E-state index contributed by atoms with van der Waals surface area (Å²) in [5.74, 6) is 0.745. The van der Waals surface area contributed by atoms with Gasteiger partial charge in [0.15, 0.2) is 0 Å². The highest BCUT2D eigenvalue weighted by Crippen LogP contribution is 2.35. The van der Waals surface area contributed by atoms with Crippen LogP contribution in [-0.2, 0) is 6.42 Å². The van der Waals surface area contributed by atoms with Gasteiger partial charge in [0.2, 0.25) is 0 Å². The van der Waals surface area contributed by atoms with Crippen molar-refractivity contribution in [1.82, 2.24) is 5.32 Å². The average Bonchev–Trinajstić information content (AvgIpc) is 2.44. The number of hydrogen-bond donors (Lipinski definition) is 1. The molecule has 0 amide bonds. The Morgan fingerprint density at radius 1 is 1.35 bits per heavy atom. The molecule has 0 bridgehead atoms. The Balaban J connectivity index is 1.89. The summed E-state index contributed by atoms with van der Waals surface area (Å²) in [5, 5.41) is 3.48.